The van der Waals surface area contributed by atoms with Gasteiger partial charge in [-0.15, -0.1) is 0 Å². The summed E-state index contributed by atoms with van der Waals surface area (Å²) < 4.78 is 2.16. The van der Waals surface area contributed by atoms with Crippen molar-refractivity contribution in [3.05, 3.63) is 88.2 Å². The van der Waals surface area contributed by atoms with Crippen LogP contribution in [0.5, 0.6) is 0 Å². The van der Waals surface area contributed by atoms with Crippen LogP contribution in [0.1, 0.15) is 25.1 Å². The zero-order chi connectivity index (χ0) is 20.1. The highest BCUT2D eigenvalue weighted by atomic mass is 35.5. The van der Waals surface area contributed by atoms with E-state index in [4.69, 9.17) is 23.2 Å². The lowest BCUT2D eigenvalue weighted by atomic mass is 10.2. The zero-order valence-electron chi connectivity index (χ0n) is 15.9. The number of aromatic nitrogens is 1. The predicted molar refractivity (Wildman–Crippen MR) is 116 cm³/mol. The molecule has 4 nitrogen and oxygen atoms in total. The molecule has 0 saturated carbocycles. The van der Waals surface area contributed by atoms with Crippen LogP contribution in [-0.4, -0.2) is 21.5 Å². The second kappa shape index (κ2) is 9.18. The van der Waals surface area contributed by atoms with Crippen molar-refractivity contribution in [2.75, 3.05) is 5.32 Å². The Balaban J connectivity index is 1.75. The number of halogens is 2. The van der Waals surface area contributed by atoms with Crippen LogP contribution in [0.4, 0.5) is 10.5 Å². The third kappa shape index (κ3) is 5.09. The number of rotatable bonds is 6. The molecule has 6 heteroatoms. The number of benzene rings is 2. The van der Waals surface area contributed by atoms with Crippen molar-refractivity contribution in [3.8, 4) is 0 Å². The number of hydrogen-bond acceptors (Lipinski definition) is 1. The molecule has 0 aliphatic heterocycles. The molecule has 0 spiro atoms. The maximum absolute atomic E-state index is 12.9. The Morgan fingerprint density at radius 2 is 1.82 bits per heavy atom. The van der Waals surface area contributed by atoms with E-state index in [1.165, 1.54) is 5.56 Å². The van der Waals surface area contributed by atoms with Crippen LogP contribution >= 0.6 is 23.2 Å². The molecule has 3 aromatic rings. The van der Waals surface area contributed by atoms with Gasteiger partial charge < -0.3 is 14.8 Å². The largest absolute Gasteiger partial charge is 0.345 e. The van der Waals surface area contributed by atoms with Crippen LogP contribution in [0.25, 0.3) is 0 Å². The summed E-state index contributed by atoms with van der Waals surface area (Å²) in [5.41, 5.74) is 2.82. The fraction of sp³-hybridized carbons (Fsp3) is 0.227. The number of nitrogens with zero attached hydrogens (tertiary/aromatic N) is 2. The molecule has 28 heavy (non-hydrogen) atoms. The van der Waals surface area contributed by atoms with Crippen LogP contribution in [0, 0.1) is 0 Å². The summed E-state index contributed by atoms with van der Waals surface area (Å²) in [5.74, 6) is 0. The van der Waals surface area contributed by atoms with E-state index in [0.29, 0.717) is 22.3 Å². The van der Waals surface area contributed by atoms with Crippen molar-refractivity contribution in [1.82, 2.24) is 9.47 Å². The fourth-order valence-corrected chi connectivity index (χ4v) is 3.42. The lowest BCUT2D eigenvalue weighted by Crippen LogP contribution is -2.40. The molecule has 2 amide bonds. The Hall–Kier alpha value is -2.43. The Morgan fingerprint density at radius 3 is 2.50 bits per heavy atom. The second-order valence-electron chi connectivity index (χ2n) is 6.89. The summed E-state index contributed by atoms with van der Waals surface area (Å²) in [4.78, 5) is 14.7. The van der Waals surface area contributed by atoms with E-state index in [1.807, 2.05) is 50.4 Å². The van der Waals surface area contributed by atoms with Crippen LogP contribution in [0.2, 0.25) is 10.0 Å². The fourth-order valence-electron chi connectivity index (χ4n) is 2.97. The highest BCUT2D eigenvalue weighted by molar-refractivity contribution is 6.36. The number of nitrogens with one attached hydrogen (secondary N) is 1. The average molecular weight is 416 g/mol. The number of amides is 2. The lowest BCUT2D eigenvalue weighted by Gasteiger charge is -2.28. The summed E-state index contributed by atoms with van der Waals surface area (Å²) in [6.07, 6.45) is 2.04. The van der Waals surface area contributed by atoms with E-state index < -0.39 is 0 Å². The minimum absolute atomic E-state index is 0.0196. The first kappa shape index (κ1) is 20.3. The Labute approximate surface area is 175 Å². The SMILES string of the molecule is CC(C)N(Cc1cccn1Cc1ccccc1)C(=O)Nc1ccc(Cl)cc1Cl. The molecule has 0 saturated heterocycles. The van der Waals surface area contributed by atoms with E-state index in [2.05, 4.69) is 22.0 Å². The molecule has 0 unspecified atom stereocenters. The molecule has 0 aliphatic rings. The first-order valence-electron chi connectivity index (χ1n) is 9.14. The van der Waals surface area contributed by atoms with Crippen molar-refractivity contribution in [2.45, 2.75) is 33.0 Å². The van der Waals surface area contributed by atoms with E-state index in [-0.39, 0.29) is 12.1 Å². The summed E-state index contributed by atoms with van der Waals surface area (Å²) >= 11 is 12.1. The molecule has 146 valence electrons. The molecule has 0 radical (unpaired) electrons. The van der Waals surface area contributed by atoms with Gasteiger partial charge in [-0.05, 0) is 49.7 Å². The van der Waals surface area contributed by atoms with Crippen molar-refractivity contribution < 1.29 is 4.79 Å². The number of hydrogen-bond donors (Lipinski definition) is 1. The van der Waals surface area contributed by atoms with E-state index in [1.54, 1.807) is 23.1 Å². The molecule has 3 rings (SSSR count). The van der Waals surface area contributed by atoms with Gasteiger partial charge in [0.05, 0.1) is 17.3 Å². The molecule has 2 aromatic carbocycles. The summed E-state index contributed by atoms with van der Waals surface area (Å²) in [6, 6.07) is 19.1. The molecule has 1 aromatic heterocycles. The molecule has 1 heterocycles. The number of anilines is 1. The molecule has 0 atom stereocenters. The van der Waals surface area contributed by atoms with Gasteiger partial charge in [-0.25, -0.2) is 4.79 Å². The first-order chi connectivity index (χ1) is 13.4. The quantitative estimate of drug-likeness (QED) is 0.504. The van der Waals surface area contributed by atoms with E-state index in [0.717, 1.165) is 12.2 Å². The van der Waals surface area contributed by atoms with Crippen LogP contribution in [-0.2, 0) is 13.1 Å². The number of urea groups is 1. The minimum Gasteiger partial charge on any atom is -0.345 e. The molecular weight excluding hydrogens is 393 g/mol. The van der Waals surface area contributed by atoms with Crippen molar-refractivity contribution in [3.63, 3.8) is 0 Å². The van der Waals surface area contributed by atoms with Gasteiger partial charge in [-0.3, -0.25) is 0 Å². The smallest absolute Gasteiger partial charge is 0.322 e. The third-order valence-electron chi connectivity index (χ3n) is 4.51. The molecule has 0 fully saturated rings. The molecule has 1 N–H and O–H groups in total. The maximum atomic E-state index is 12.9. The first-order valence-corrected chi connectivity index (χ1v) is 9.90. The zero-order valence-corrected chi connectivity index (χ0v) is 17.4. The van der Waals surface area contributed by atoms with Gasteiger partial charge in [0.25, 0.3) is 0 Å². The van der Waals surface area contributed by atoms with Crippen molar-refractivity contribution >= 4 is 34.9 Å². The van der Waals surface area contributed by atoms with E-state index >= 15 is 0 Å². The summed E-state index contributed by atoms with van der Waals surface area (Å²) in [6.45, 7) is 5.25. The highest BCUT2D eigenvalue weighted by Gasteiger charge is 2.20. The number of carbonyl (C=O) groups excluding carboxylic acids is 1. The maximum Gasteiger partial charge on any atom is 0.322 e. The molecular formula is C22H23Cl2N3O. The predicted octanol–water partition coefficient (Wildman–Crippen LogP) is 6.29. The summed E-state index contributed by atoms with van der Waals surface area (Å²) in [7, 11) is 0. The highest BCUT2D eigenvalue weighted by Crippen LogP contribution is 2.26. The molecule has 0 bridgehead atoms. The normalized spacial score (nSPS) is 10.9. The standard InChI is InChI=1S/C22H23Cl2N3O/c1-16(2)27(22(28)25-21-11-10-18(23)13-20(21)24)15-19-9-6-12-26(19)14-17-7-4-3-5-8-17/h3-13,16H,14-15H2,1-2H3,(H,25,28). The second-order valence-corrected chi connectivity index (χ2v) is 7.73. The molecule has 0 aliphatic carbocycles. The Bertz CT molecular complexity index is 938. The van der Waals surface area contributed by atoms with Gasteiger partial charge in [-0.1, -0.05) is 53.5 Å². The van der Waals surface area contributed by atoms with Gasteiger partial charge >= 0.3 is 6.03 Å². The van der Waals surface area contributed by atoms with Crippen LogP contribution in [0.3, 0.4) is 0 Å². The van der Waals surface area contributed by atoms with Gasteiger partial charge in [0, 0.05) is 29.5 Å². The van der Waals surface area contributed by atoms with Crippen LogP contribution in [0.15, 0.2) is 66.9 Å². The summed E-state index contributed by atoms with van der Waals surface area (Å²) in [5, 5.41) is 3.83. The lowest BCUT2D eigenvalue weighted by molar-refractivity contribution is 0.192. The van der Waals surface area contributed by atoms with Gasteiger partial charge in [0.1, 0.15) is 0 Å². The Morgan fingerprint density at radius 1 is 1.07 bits per heavy atom. The minimum atomic E-state index is -0.202. The monoisotopic (exact) mass is 415 g/mol. The van der Waals surface area contributed by atoms with Crippen molar-refractivity contribution in [1.29, 1.82) is 0 Å². The van der Waals surface area contributed by atoms with Gasteiger partial charge in [0.2, 0.25) is 0 Å². The van der Waals surface area contributed by atoms with Gasteiger partial charge in [0.15, 0.2) is 0 Å². The van der Waals surface area contributed by atoms with Gasteiger partial charge in [-0.2, -0.15) is 0 Å². The van der Waals surface area contributed by atoms with Crippen LogP contribution < -0.4 is 5.32 Å². The Kier molecular flexibility index (Phi) is 6.65. The average Bonchev–Trinajstić information content (AvgIpc) is 3.09. The van der Waals surface area contributed by atoms with Crippen molar-refractivity contribution in [2.24, 2.45) is 0 Å². The third-order valence-corrected chi connectivity index (χ3v) is 5.06. The van der Waals surface area contributed by atoms with E-state index in [9.17, 15) is 4.79 Å². The number of carbonyl (C=O) groups is 1. The topological polar surface area (TPSA) is 37.3 Å².